The van der Waals surface area contributed by atoms with Crippen molar-refractivity contribution in [2.75, 3.05) is 14.2 Å². The zero-order valence-electron chi connectivity index (χ0n) is 28.0. The Bertz CT molecular complexity index is 2220. The Morgan fingerprint density at radius 1 is 0.462 bits per heavy atom. The second kappa shape index (κ2) is 16.8. The number of hydrogen-bond acceptors (Lipinski definition) is 9. The molecule has 7 aromatic rings. The van der Waals surface area contributed by atoms with Crippen LogP contribution in [0.2, 0.25) is 0 Å². The van der Waals surface area contributed by atoms with Crippen LogP contribution in [0.3, 0.4) is 0 Å². The molecule has 0 spiro atoms. The molecule has 0 fully saturated rings. The quantitative estimate of drug-likeness (QED) is 0.108. The highest BCUT2D eigenvalue weighted by atomic mass is 31.2. The normalized spacial score (nSPS) is 11.3. The summed E-state index contributed by atoms with van der Waals surface area (Å²) < 4.78 is 45.6. The second-order valence-electron chi connectivity index (χ2n) is 10.6. The van der Waals surface area contributed by atoms with Crippen LogP contribution in [0.5, 0.6) is 57.5 Å². The van der Waals surface area contributed by atoms with Crippen molar-refractivity contribution in [3.63, 3.8) is 0 Å². The summed E-state index contributed by atoms with van der Waals surface area (Å²) in [7, 11) is -0.257. The first-order chi connectivity index (χ1) is 25.7. The lowest BCUT2D eigenvalue weighted by atomic mass is 10.2. The fourth-order valence-corrected chi connectivity index (χ4v) is 9.61. The van der Waals surface area contributed by atoms with Crippen LogP contribution in [0.1, 0.15) is 0 Å². The first kappa shape index (κ1) is 34.5. The van der Waals surface area contributed by atoms with E-state index >= 15 is 0 Å². The lowest BCUT2D eigenvalue weighted by Gasteiger charge is -2.22. The maximum atomic E-state index is 6.79. The van der Waals surface area contributed by atoms with Crippen molar-refractivity contribution in [1.82, 2.24) is 13.0 Å². The summed E-state index contributed by atoms with van der Waals surface area (Å²) in [5.41, 5.74) is 0. The Hall–Kier alpha value is -5.98. The molecule has 0 aliphatic rings. The summed E-state index contributed by atoms with van der Waals surface area (Å²) in [6, 6.07) is 48.3. The Morgan fingerprint density at radius 2 is 0.942 bits per heavy atom. The molecule has 14 heteroatoms. The number of hydrogen-bond donors (Lipinski definition) is 0. The van der Waals surface area contributed by atoms with E-state index in [-0.39, 0.29) is 5.75 Å². The molecule has 0 N–H and O–H groups in total. The van der Waals surface area contributed by atoms with Crippen molar-refractivity contribution in [2.45, 2.75) is 0 Å². The van der Waals surface area contributed by atoms with Gasteiger partial charge in [0.25, 0.3) is 0 Å². The number of rotatable bonds is 14. The topological polar surface area (TPSA) is 96.6 Å². The van der Waals surface area contributed by atoms with Gasteiger partial charge in [-0.1, -0.05) is 77.1 Å². The molecule has 0 saturated heterocycles. The SMILES string of the molecule is COc1ccc(On2p(Oc3ccc(OC)c(Oc4ccccc4)c3Oc3ccccc3)npn(Oc3ccccc3)p2Oc2ccccc2)cc1. The zero-order valence-corrected chi connectivity index (χ0v) is 30.6. The van der Waals surface area contributed by atoms with Gasteiger partial charge in [-0.05, 0) is 89.2 Å². The molecule has 7 rings (SSSR count). The van der Waals surface area contributed by atoms with Gasteiger partial charge < -0.3 is 37.7 Å². The van der Waals surface area contributed by atoms with Crippen molar-refractivity contribution in [3.05, 3.63) is 158 Å². The van der Waals surface area contributed by atoms with Gasteiger partial charge in [0.2, 0.25) is 11.5 Å². The van der Waals surface area contributed by atoms with E-state index < -0.39 is 16.2 Å². The van der Waals surface area contributed by atoms with Crippen LogP contribution in [0.4, 0.5) is 0 Å². The van der Waals surface area contributed by atoms with Crippen molar-refractivity contribution in [3.8, 4) is 57.5 Å². The van der Waals surface area contributed by atoms with Gasteiger partial charge in [0.15, 0.2) is 31.5 Å². The van der Waals surface area contributed by atoms with Crippen molar-refractivity contribution >= 4 is 24.7 Å². The fraction of sp³-hybridized carbons (Fsp3) is 0.0526. The third-order valence-corrected chi connectivity index (χ3v) is 11.7. The van der Waals surface area contributed by atoms with Crippen LogP contribution >= 0.6 is 24.7 Å². The van der Waals surface area contributed by atoms with Crippen LogP contribution in [0.25, 0.3) is 0 Å². The van der Waals surface area contributed by atoms with E-state index in [0.717, 1.165) is 0 Å². The Kier molecular flexibility index (Phi) is 11.1. The predicted molar refractivity (Wildman–Crippen MR) is 202 cm³/mol. The predicted octanol–water partition coefficient (Wildman–Crippen LogP) is 11.3. The van der Waals surface area contributed by atoms with Crippen molar-refractivity contribution < 1.29 is 37.7 Å². The average Bonchev–Trinajstić information content (AvgIpc) is 3.20. The zero-order chi connectivity index (χ0) is 35.5. The maximum Gasteiger partial charge on any atom is 0.319 e. The van der Waals surface area contributed by atoms with Gasteiger partial charge in [-0.25, -0.2) is 0 Å². The molecule has 0 amide bonds. The van der Waals surface area contributed by atoms with Crippen molar-refractivity contribution in [1.29, 1.82) is 0 Å². The number of methoxy groups -OCH3 is 2. The summed E-state index contributed by atoms with van der Waals surface area (Å²) in [6.07, 6.45) is 0. The third kappa shape index (κ3) is 8.48. The lowest BCUT2D eigenvalue weighted by molar-refractivity contribution is 0.232. The molecule has 1 aromatic heterocycles. The smallest absolute Gasteiger partial charge is 0.319 e. The molecule has 0 bridgehead atoms. The van der Waals surface area contributed by atoms with Gasteiger partial charge in [-0.2, -0.15) is 0 Å². The van der Waals surface area contributed by atoms with E-state index in [1.807, 2.05) is 121 Å². The number of nitrogens with zero attached hydrogens (tertiary/aromatic N) is 3. The van der Waals surface area contributed by atoms with Gasteiger partial charge in [-0.3, -0.25) is 0 Å². The Balaban J connectivity index is 1.39. The first-order valence-corrected chi connectivity index (χ1v) is 19.0. The number of para-hydroxylation sites is 4. The molecule has 262 valence electrons. The van der Waals surface area contributed by atoms with Gasteiger partial charge in [-0.15, -0.1) is 4.51 Å². The molecular formula is C38H32N3O8P3. The summed E-state index contributed by atoms with van der Waals surface area (Å²) in [4.78, 5) is 12.9. The fourth-order valence-electron chi connectivity index (χ4n) is 4.65. The minimum absolute atomic E-state index is 0.282. The van der Waals surface area contributed by atoms with E-state index in [1.165, 1.54) is 0 Å². The van der Waals surface area contributed by atoms with E-state index in [0.29, 0.717) is 60.3 Å². The first-order valence-electron chi connectivity index (χ1n) is 15.9. The molecule has 52 heavy (non-hydrogen) atoms. The monoisotopic (exact) mass is 751 g/mol. The van der Waals surface area contributed by atoms with Crippen molar-refractivity contribution in [2.24, 2.45) is 0 Å². The van der Waals surface area contributed by atoms with E-state index in [2.05, 4.69) is 0 Å². The summed E-state index contributed by atoms with van der Waals surface area (Å²) in [5, 5.41) is 0. The minimum atomic E-state index is -1.96. The minimum Gasteiger partial charge on any atom is -0.497 e. The number of benzene rings is 6. The van der Waals surface area contributed by atoms with Gasteiger partial charge in [0.1, 0.15) is 23.0 Å². The molecule has 0 saturated carbocycles. The van der Waals surface area contributed by atoms with Crippen LogP contribution in [-0.2, 0) is 0 Å². The van der Waals surface area contributed by atoms with Crippen LogP contribution in [-0.4, -0.2) is 27.2 Å². The number of ether oxygens (including phenoxy) is 4. The standard InChI is InChI=1S/C38H32N3O8P3/c1-42-29-23-25-33(26-24-29)47-41-51(39-50-40(46-32-19-11-5-12-20-32)52(41)48-34-21-13-6-14-22-34)49-36-28-27-35(43-2)37(44-30-15-7-3-8-16-30)38(36)45-31-17-9-4-10-18-31/h3-28H,1-2H3. The third-order valence-electron chi connectivity index (χ3n) is 7.11. The number of aromatic nitrogens is 3. The summed E-state index contributed by atoms with van der Waals surface area (Å²) in [6.45, 7) is 0. The van der Waals surface area contributed by atoms with Gasteiger partial charge >= 0.3 is 16.2 Å². The highest BCUT2D eigenvalue weighted by molar-refractivity contribution is 7.56. The second-order valence-corrected chi connectivity index (χ2v) is 15.0. The van der Waals surface area contributed by atoms with Crippen LogP contribution < -0.4 is 37.7 Å². The Labute approximate surface area is 304 Å². The van der Waals surface area contributed by atoms with Crippen LogP contribution in [0, 0.1) is 0 Å². The van der Waals surface area contributed by atoms with E-state index in [4.69, 9.17) is 42.2 Å². The molecule has 6 aromatic carbocycles. The van der Waals surface area contributed by atoms with E-state index in [1.54, 1.807) is 59.1 Å². The molecular weight excluding hydrogens is 719 g/mol. The average molecular weight is 752 g/mol. The van der Waals surface area contributed by atoms with E-state index in [9.17, 15) is 0 Å². The van der Waals surface area contributed by atoms with Gasteiger partial charge in [0.05, 0.1) is 14.2 Å². The summed E-state index contributed by atoms with van der Waals surface area (Å²) >= 11 is 0. The molecule has 2 atom stereocenters. The molecule has 0 radical (unpaired) electrons. The van der Waals surface area contributed by atoms with Crippen LogP contribution in [0.15, 0.2) is 158 Å². The molecule has 2 unspecified atom stereocenters. The molecule has 1 heterocycles. The molecule has 0 aliphatic heterocycles. The maximum absolute atomic E-state index is 6.79. The molecule has 0 aliphatic carbocycles. The highest BCUT2D eigenvalue weighted by Crippen LogP contribution is 2.51. The van der Waals surface area contributed by atoms with Gasteiger partial charge in [0, 0.05) is 0 Å². The largest absolute Gasteiger partial charge is 0.497 e. The summed E-state index contributed by atoms with van der Waals surface area (Å²) in [5.74, 6) is 4.89. The Morgan fingerprint density at radius 3 is 1.50 bits per heavy atom. The highest BCUT2D eigenvalue weighted by Gasteiger charge is 2.25. The lowest BCUT2D eigenvalue weighted by Crippen LogP contribution is -2.14. The molecule has 11 nitrogen and oxygen atoms in total.